The first-order chi connectivity index (χ1) is 8.73. The number of hydrogen-bond donors (Lipinski definition) is 2. The first-order valence-corrected chi connectivity index (χ1v) is 6.99. The molecular weight excluding hydrogens is 240 g/mol. The van der Waals surface area contributed by atoms with E-state index in [2.05, 4.69) is 50.2 Å². The van der Waals surface area contributed by atoms with Crippen molar-refractivity contribution >= 4 is 11.9 Å². The number of rotatable bonds is 6. The minimum Gasteiger partial charge on any atom is -0.356 e. The van der Waals surface area contributed by atoms with Gasteiger partial charge in [0, 0.05) is 26.7 Å². The van der Waals surface area contributed by atoms with Gasteiger partial charge in [-0.15, -0.1) is 0 Å². The summed E-state index contributed by atoms with van der Waals surface area (Å²) in [6.45, 7) is 11.7. The molecule has 1 atom stereocenters. The molecule has 0 bridgehead atoms. The van der Waals surface area contributed by atoms with Crippen LogP contribution in [0.2, 0.25) is 0 Å². The number of aliphatic imine (C=N–C) groups is 1. The zero-order valence-corrected chi connectivity index (χ0v) is 13.4. The van der Waals surface area contributed by atoms with Gasteiger partial charge in [-0.05, 0) is 18.8 Å². The molecule has 0 saturated carbocycles. The summed E-state index contributed by atoms with van der Waals surface area (Å²) in [7, 11) is 3.48. The molecule has 0 spiro atoms. The third kappa shape index (κ3) is 8.46. The zero-order chi connectivity index (χ0) is 15.0. The van der Waals surface area contributed by atoms with Crippen LogP contribution in [0.3, 0.4) is 0 Å². The summed E-state index contributed by atoms with van der Waals surface area (Å²) < 4.78 is 0. The van der Waals surface area contributed by atoms with E-state index in [-0.39, 0.29) is 12.5 Å². The fourth-order valence-electron chi connectivity index (χ4n) is 1.12. The standard InChI is InChI=1S/C14H30N4O/c1-10(2)8-15-14(17-12(5)11(3)4)16-9-13(19)18(6)7/h10-12H,8-9H2,1-7H3,(H2,15,16,17). The summed E-state index contributed by atoms with van der Waals surface area (Å²) >= 11 is 0. The molecule has 0 fully saturated rings. The van der Waals surface area contributed by atoms with E-state index in [0.717, 1.165) is 6.54 Å². The quantitative estimate of drug-likeness (QED) is 0.565. The van der Waals surface area contributed by atoms with Crippen LogP contribution in [0.1, 0.15) is 34.6 Å². The molecule has 0 radical (unpaired) electrons. The van der Waals surface area contributed by atoms with E-state index in [1.165, 1.54) is 0 Å². The van der Waals surface area contributed by atoms with Gasteiger partial charge in [0.1, 0.15) is 6.54 Å². The predicted molar refractivity (Wildman–Crippen MR) is 81.3 cm³/mol. The van der Waals surface area contributed by atoms with Crippen LogP contribution in [0.25, 0.3) is 0 Å². The van der Waals surface area contributed by atoms with Crippen molar-refractivity contribution in [1.29, 1.82) is 0 Å². The normalized spacial score (nSPS) is 13.6. The molecule has 19 heavy (non-hydrogen) atoms. The van der Waals surface area contributed by atoms with Crippen molar-refractivity contribution in [2.45, 2.75) is 40.7 Å². The van der Waals surface area contributed by atoms with Crippen molar-refractivity contribution in [2.24, 2.45) is 16.8 Å². The van der Waals surface area contributed by atoms with Crippen LogP contribution in [-0.2, 0) is 4.79 Å². The number of carbonyl (C=O) groups excluding carboxylic acids is 1. The number of likely N-dealkylation sites (N-methyl/N-ethyl adjacent to an activating group) is 1. The van der Waals surface area contributed by atoms with E-state index in [1.807, 2.05) is 0 Å². The van der Waals surface area contributed by atoms with Gasteiger partial charge < -0.3 is 15.5 Å². The average molecular weight is 270 g/mol. The van der Waals surface area contributed by atoms with E-state index < -0.39 is 0 Å². The molecule has 5 nitrogen and oxygen atoms in total. The summed E-state index contributed by atoms with van der Waals surface area (Å²) in [5.41, 5.74) is 0. The SMILES string of the molecule is CC(C)CNC(=NCC(=O)N(C)C)NC(C)C(C)C. The Labute approximate surface area is 117 Å². The van der Waals surface area contributed by atoms with Gasteiger partial charge in [0.25, 0.3) is 0 Å². The van der Waals surface area contributed by atoms with Crippen molar-refractivity contribution in [1.82, 2.24) is 15.5 Å². The van der Waals surface area contributed by atoms with E-state index in [4.69, 9.17) is 0 Å². The Morgan fingerprint density at radius 3 is 2.16 bits per heavy atom. The molecule has 112 valence electrons. The minimum absolute atomic E-state index is 0.00264. The minimum atomic E-state index is 0.00264. The average Bonchev–Trinajstić information content (AvgIpc) is 2.31. The summed E-state index contributed by atoms with van der Waals surface area (Å²) in [6, 6.07) is 0.313. The number of hydrogen-bond acceptors (Lipinski definition) is 2. The summed E-state index contributed by atoms with van der Waals surface area (Å²) in [5.74, 6) is 1.76. The lowest BCUT2D eigenvalue weighted by atomic mass is 10.1. The lowest BCUT2D eigenvalue weighted by Crippen LogP contribution is -2.45. The number of carbonyl (C=O) groups is 1. The Morgan fingerprint density at radius 2 is 1.74 bits per heavy atom. The summed E-state index contributed by atoms with van der Waals surface area (Å²) in [5, 5.41) is 6.60. The van der Waals surface area contributed by atoms with Gasteiger partial charge in [0.15, 0.2) is 5.96 Å². The van der Waals surface area contributed by atoms with Crippen LogP contribution < -0.4 is 10.6 Å². The second-order valence-corrected chi connectivity index (χ2v) is 5.90. The maximum Gasteiger partial charge on any atom is 0.243 e. The van der Waals surface area contributed by atoms with Crippen LogP contribution in [0, 0.1) is 11.8 Å². The van der Waals surface area contributed by atoms with E-state index in [9.17, 15) is 4.79 Å². The van der Waals surface area contributed by atoms with Crippen molar-refractivity contribution in [3.8, 4) is 0 Å². The molecule has 0 aliphatic rings. The summed E-state index contributed by atoms with van der Waals surface area (Å²) in [4.78, 5) is 17.5. The van der Waals surface area contributed by atoms with Crippen LogP contribution in [0.4, 0.5) is 0 Å². The van der Waals surface area contributed by atoms with Gasteiger partial charge in [-0.25, -0.2) is 4.99 Å². The molecule has 0 aromatic heterocycles. The molecular formula is C14H30N4O. The molecule has 0 aliphatic carbocycles. The molecule has 0 aromatic rings. The van der Waals surface area contributed by atoms with Gasteiger partial charge >= 0.3 is 0 Å². The zero-order valence-electron chi connectivity index (χ0n) is 13.4. The van der Waals surface area contributed by atoms with Crippen molar-refractivity contribution < 1.29 is 4.79 Å². The lowest BCUT2D eigenvalue weighted by Gasteiger charge is -2.22. The molecule has 0 aliphatic heterocycles. The first-order valence-electron chi connectivity index (χ1n) is 6.99. The Balaban J connectivity index is 4.56. The van der Waals surface area contributed by atoms with Gasteiger partial charge in [-0.3, -0.25) is 4.79 Å². The fraction of sp³-hybridized carbons (Fsp3) is 0.857. The first kappa shape index (κ1) is 17.7. The second kappa shape index (κ2) is 8.77. The van der Waals surface area contributed by atoms with Crippen molar-refractivity contribution in [3.05, 3.63) is 0 Å². The van der Waals surface area contributed by atoms with Crippen LogP contribution in [0.15, 0.2) is 4.99 Å². The molecule has 0 heterocycles. The van der Waals surface area contributed by atoms with Gasteiger partial charge in [0.2, 0.25) is 5.91 Å². The Morgan fingerprint density at radius 1 is 1.16 bits per heavy atom. The molecule has 0 saturated heterocycles. The maximum atomic E-state index is 11.6. The molecule has 1 unspecified atom stereocenters. The van der Waals surface area contributed by atoms with Gasteiger partial charge in [-0.1, -0.05) is 27.7 Å². The van der Waals surface area contributed by atoms with Gasteiger partial charge in [-0.2, -0.15) is 0 Å². The number of nitrogens with one attached hydrogen (secondary N) is 2. The highest BCUT2D eigenvalue weighted by molar-refractivity contribution is 5.84. The maximum absolute atomic E-state index is 11.6. The number of guanidine groups is 1. The van der Waals surface area contributed by atoms with Crippen molar-refractivity contribution in [2.75, 3.05) is 27.2 Å². The molecule has 2 N–H and O–H groups in total. The molecule has 1 amide bonds. The fourth-order valence-corrected chi connectivity index (χ4v) is 1.12. The monoisotopic (exact) mass is 270 g/mol. The highest BCUT2D eigenvalue weighted by Crippen LogP contribution is 1.99. The number of amides is 1. The van der Waals surface area contributed by atoms with Crippen LogP contribution >= 0.6 is 0 Å². The Hall–Kier alpha value is -1.26. The summed E-state index contributed by atoms with van der Waals surface area (Å²) in [6.07, 6.45) is 0. The van der Waals surface area contributed by atoms with E-state index >= 15 is 0 Å². The highest BCUT2D eigenvalue weighted by Gasteiger charge is 2.10. The van der Waals surface area contributed by atoms with E-state index in [0.29, 0.717) is 23.8 Å². The third-order valence-electron chi connectivity index (χ3n) is 2.91. The van der Waals surface area contributed by atoms with E-state index in [1.54, 1.807) is 19.0 Å². The van der Waals surface area contributed by atoms with Crippen LogP contribution in [0.5, 0.6) is 0 Å². The second-order valence-electron chi connectivity index (χ2n) is 5.90. The largest absolute Gasteiger partial charge is 0.356 e. The molecule has 0 aromatic carbocycles. The lowest BCUT2D eigenvalue weighted by molar-refractivity contribution is -0.127. The van der Waals surface area contributed by atoms with Crippen LogP contribution in [-0.4, -0.2) is 50.0 Å². The smallest absolute Gasteiger partial charge is 0.243 e. The third-order valence-corrected chi connectivity index (χ3v) is 2.91. The Kier molecular flexibility index (Phi) is 8.19. The van der Waals surface area contributed by atoms with Gasteiger partial charge in [0.05, 0.1) is 0 Å². The highest BCUT2D eigenvalue weighted by atomic mass is 16.2. The predicted octanol–water partition coefficient (Wildman–Crippen LogP) is 1.31. The number of nitrogens with zero attached hydrogens (tertiary/aromatic N) is 2. The molecule has 0 rings (SSSR count). The Bertz CT molecular complexity index is 298. The topological polar surface area (TPSA) is 56.7 Å². The molecule has 5 heteroatoms. The van der Waals surface area contributed by atoms with Crippen molar-refractivity contribution in [3.63, 3.8) is 0 Å².